The van der Waals surface area contributed by atoms with E-state index < -0.39 is 6.03 Å². The lowest BCUT2D eigenvalue weighted by Crippen LogP contribution is -2.41. The summed E-state index contributed by atoms with van der Waals surface area (Å²) in [5, 5.41) is 2.63. The van der Waals surface area contributed by atoms with Gasteiger partial charge in [-0.05, 0) is 18.5 Å². The first-order valence-corrected chi connectivity index (χ1v) is 8.62. The molecule has 0 spiro atoms. The highest BCUT2D eigenvalue weighted by Crippen LogP contribution is 2.35. The molecule has 0 aliphatic carbocycles. The number of nitrogens with zero attached hydrogens (tertiary/aromatic N) is 1. The number of carbonyl (C=O) groups excluding carboxylic acids is 2. The molecule has 3 N–H and O–H groups in total. The number of benzene rings is 1. The topological polar surface area (TPSA) is 75.4 Å². The lowest BCUT2D eigenvalue weighted by molar-refractivity contribution is -0.120. The number of nitrogens with one attached hydrogen (secondary N) is 1. The quantitative estimate of drug-likeness (QED) is 0.871. The molecule has 1 aliphatic heterocycles. The van der Waals surface area contributed by atoms with Gasteiger partial charge in [0.1, 0.15) is 0 Å². The van der Waals surface area contributed by atoms with Crippen molar-refractivity contribution in [2.24, 2.45) is 5.73 Å². The van der Waals surface area contributed by atoms with Crippen molar-refractivity contribution in [1.82, 2.24) is 10.2 Å². The van der Waals surface area contributed by atoms with E-state index in [1.54, 1.807) is 0 Å². The van der Waals surface area contributed by atoms with Gasteiger partial charge in [-0.2, -0.15) is 11.8 Å². The minimum Gasteiger partial charge on any atom is -0.351 e. The summed E-state index contributed by atoms with van der Waals surface area (Å²) in [4.78, 5) is 24.5. The molecule has 1 fully saturated rings. The molecule has 0 aromatic heterocycles. The number of rotatable bonds is 5. The second-order valence-corrected chi connectivity index (χ2v) is 6.97. The highest BCUT2D eigenvalue weighted by molar-refractivity contribution is 8.00. The Balaban J connectivity index is 1.93. The maximum atomic E-state index is 11.5. The van der Waals surface area contributed by atoms with Crippen molar-refractivity contribution in [3.8, 4) is 0 Å². The van der Waals surface area contributed by atoms with Gasteiger partial charge in [0.25, 0.3) is 0 Å². The first-order valence-electron chi connectivity index (χ1n) is 7.58. The van der Waals surface area contributed by atoms with Crippen molar-refractivity contribution in [3.63, 3.8) is 0 Å². The van der Waals surface area contributed by atoms with Crippen LogP contribution in [0.5, 0.6) is 0 Å². The molecule has 2 unspecified atom stereocenters. The highest BCUT2D eigenvalue weighted by atomic mass is 32.2. The lowest BCUT2D eigenvalue weighted by atomic mass is 10.0. The van der Waals surface area contributed by atoms with E-state index in [-0.39, 0.29) is 5.91 Å². The Kier molecular flexibility index (Phi) is 6.27. The molecule has 120 valence electrons. The number of imide groups is 1. The molecule has 1 heterocycles. The van der Waals surface area contributed by atoms with Crippen LogP contribution in [0.2, 0.25) is 0 Å². The van der Waals surface area contributed by atoms with Crippen molar-refractivity contribution >= 4 is 23.7 Å². The molecule has 2 rings (SSSR count). The summed E-state index contributed by atoms with van der Waals surface area (Å²) in [5.74, 6) is 0.807. The van der Waals surface area contributed by atoms with Gasteiger partial charge in [0, 0.05) is 30.0 Å². The number of nitrogens with two attached hydrogens (primary N) is 1. The Hall–Kier alpha value is -1.53. The van der Waals surface area contributed by atoms with Crippen LogP contribution in [0, 0.1) is 0 Å². The number of thioether (sulfide) groups is 1. The van der Waals surface area contributed by atoms with Crippen molar-refractivity contribution in [2.75, 3.05) is 18.8 Å². The number of urea groups is 1. The fourth-order valence-corrected chi connectivity index (χ4v) is 4.13. The summed E-state index contributed by atoms with van der Waals surface area (Å²) >= 11 is 1.99. The second kappa shape index (κ2) is 8.19. The summed E-state index contributed by atoms with van der Waals surface area (Å²) in [6.07, 6.45) is 1.04. The molecular weight excluding hydrogens is 298 g/mol. The Morgan fingerprint density at radius 2 is 2.09 bits per heavy atom. The summed E-state index contributed by atoms with van der Waals surface area (Å²) in [6, 6.07) is 10.1. The molecule has 3 amide bonds. The van der Waals surface area contributed by atoms with E-state index in [0.29, 0.717) is 17.7 Å². The monoisotopic (exact) mass is 321 g/mol. The van der Waals surface area contributed by atoms with Gasteiger partial charge in [-0.3, -0.25) is 15.0 Å². The molecule has 0 saturated carbocycles. The van der Waals surface area contributed by atoms with E-state index in [1.165, 1.54) is 5.56 Å². The van der Waals surface area contributed by atoms with Crippen molar-refractivity contribution in [2.45, 2.75) is 31.1 Å². The van der Waals surface area contributed by atoms with Crippen LogP contribution in [-0.2, 0) is 4.79 Å². The maximum Gasteiger partial charge on any atom is 0.318 e. The van der Waals surface area contributed by atoms with E-state index in [4.69, 9.17) is 5.73 Å². The zero-order chi connectivity index (χ0) is 15.9. The van der Waals surface area contributed by atoms with Crippen LogP contribution >= 0.6 is 11.8 Å². The van der Waals surface area contributed by atoms with Crippen LogP contribution in [0.4, 0.5) is 4.79 Å². The predicted octanol–water partition coefficient (Wildman–Crippen LogP) is 2.14. The summed E-state index contributed by atoms with van der Waals surface area (Å²) < 4.78 is 0. The van der Waals surface area contributed by atoms with Crippen LogP contribution in [0.15, 0.2) is 30.3 Å². The van der Waals surface area contributed by atoms with Gasteiger partial charge in [0.05, 0.1) is 0 Å². The van der Waals surface area contributed by atoms with Crippen LogP contribution < -0.4 is 11.1 Å². The van der Waals surface area contributed by atoms with Gasteiger partial charge in [0.15, 0.2) is 0 Å². The van der Waals surface area contributed by atoms with Crippen LogP contribution in [0.3, 0.4) is 0 Å². The number of hydrogen-bond acceptors (Lipinski definition) is 4. The van der Waals surface area contributed by atoms with Gasteiger partial charge in [-0.1, -0.05) is 37.3 Å². The number of amides is 3. The average molecular weight is 321 g/mol. The zero-order valence-corrected chi connectivity index (χ0v) is 13.6. The largest absolute Gasteiger partial charge is 0.351 e. The molecule has 5 nitrogen and oxygen atoms in total. The van der Waals surface area contributed by atoms with Crippen LogP contribution in [-0.4, -0.2) is 40.9 Å². The van der Waals surface area contributed by atoms with Gasteiger partial charge < -0.3 is 5.73 Å². The Morgan fingerprint density at radius 3 is 2.77 bits per heavy atom. The molecule has 6 heteroatoms. The minimum absolute atomic E-state index is 0.303. The van der Waals surface area contributed by atoms with Crippen LogP contribution in [0.25, 0.3) is 0 Å². The van der Waals surface area contributed by atoms with Gasteiger partial charge in [0.2, 0.25) is 5.91 Å². The molecule has 1 aromatic rings. The zero-order valence-electron chi connectivity index (χ0n) is 12.8. The van der Waals surface area contributed by atoms with Crippen molar-refractivity contribution in [3.05, 3.63) is 35.9 Å². The fourth-order valence-electron chi connectivity index (χ4n) is 2.91. The molecule has 0 radical (unpaired) electrons. The average Bonchev–Trinajstić information content (AvgIpc) is 2.47. The normalized spacial score (nSPS) is 22.2. The number of hydrogen-bond donors (Lipinski definition) is 2. The predicted molar refractivity (Wildman–Crippen MR) is 89.6 cm³/mol. The second-order valence-electron chi connectivity index (χ2n) is 5.48. The van der Waals surface area contributed by atoms with E-state index in [2.05, 4.69) is 41.4 Å². The Morgan fingerprint density at radius 1 is 1.36 bits per heavy atom. The SMILES string of the molecule is CC1SCCN(CCCC(=O)NC(N)=O)C1c1ccccc1. The molecular formula is C16H23N3O2S. The molecule has 1 aromatic carbocycles. The summed E-state index contributed by atoms with van der Waals surface area (Å²) in [6.45, 7) is 4.12. The maximum absolute atomic E-state index is 11.5. The smallest absolute Gasteiger partial charge is 0.318 e. The summed E-state index contributed by atoms with van der Waals surface area (Å²) in [7, 11) is 0. The first kappa shape index (κ1) is 16.8. The minimum atomic E-state index is -0.782. The van der Waals surface area contributed by atoms with E-state index in [9.17, 15) is 9.59 Å². The lowest BCUT2D eigenvalue weighted by Gasteiger charge is -2.40. The Bertz CT molecular complexity index is 509. The van der Waals surface area contributed by atoms with Gasteiger partial charge in [-0.25, -0.2) is 4.79 Å². The third kappa shape index (κ3) is 4.74. The number of primary amides is 1. The molecule has 0 bridgehead atoms. The van der Waals surface area contributed by atoms with Crippen molar-refractivity contribution in [1.29, 1.82) is 0 Å². The summed E-state index contributed by atoms with van der Waals surface area (Å²) in [5.41, 5.74) is 6.26. The standard InChI is InChI=1S/C16H23N3O2S/c1-12-15(13-6-3-2-4-7-13)19(10-11-22-12)9-5-8-14(20)18-16(17)21/h2-4,6-7,12,15H,5,8-11H2,1H3,(H3,17,18,20,21). The molecule has 22 heavy (non-hydrogen) atoms. The fraction of sp³-hybridized carbons (Fsp3) is 0.500. The van der Waals surface area contributed by atoms with Gasteiger partial charge in [-0.15, -0.1) is 0 Å². The van der Waals surface area contributed by atoms with Gasteiger partial charge >= 0.3 is 6.03 Å². The first-order chi connectivity index (χ1) is 10.6. The molecule has 2 atom stereocenters. The van der Waals surface area contributed by atoms with E-state index >= 15 is 0 Å². The third-order valence-electron chi connectivity index (χ3n) is 3.85. The van der Waals surface area contributed by atoms with Crippen LogP contribution in [0.1, 0.15) is 31.4 Å². The molecule has 1 saturated heterocycles. The Labute approximate surface area is 135 Å². The number of carbonyl (C=O) groups is 2. The van der Waals surface area contributed by atoms with Crippen molar-refractivity contribution < 1.29 is 9.59 Å². The third-order valence-corrected chi connectivity index (χ3v) is 5.05. The van der Waals surface area contributed by atoms with E-state index in [0.717, 1.165) is 25.3 Å². The highest BCUT2D eigenvalue weighted by Gasteiger charge is 2.29. The molecule has 1 aliphatic rings. The van der Waals surface area contributed by atoms with E-state index in [1.807, 2.05) is 17.8 Å².